The number of rotatable bonds is 3. The number of amides is 2. The molecule has 1 aromatic heterocycles. The van der Waals surface area contributed by atoms with E-state index in [4.69, 9.17) is 21.1 Å². The summed E-state index contributed by atoms with van der Waals surface area (Å²) in [6.45, 7) is 9.66. The molecule has 0 fully saturated rings. The minimum absolute atomic E-state index is 0.0537. The first-order chi connectivity index (χ1) is 24.2. The van der Waals surface area contributed by atoms with Crippen molar-refractivity contribution in [3.63, 3.8) is 0 Å². The number of aromatic nitrogens is 2. The minimum Gasteiger partial charge on any atom is -0.490 e. The van der Waals surface area contributed by atoms with E-state index in [-0.39, 0.29) is 40.2 Å². The molecule has 4 heterocycles. The number of nitrogens with zero attached hydrogens (tertiary/aromatic N) is 4. The van der Waals surface area contributed by atoms with Crippen LogP contribution in [0.3, 0.4) is 0 Å². The molecular weight excluding hydrogens is 690 g/mol. The van der Waals surface area contributed by atoms with Crippen molar-refractivity contribution in [2.24, 2.45) is 29.2 Å². The molecule has 0 saturated heterocycles. The number of hydrogen-bond acceptors (Lipinski definition) is 8. The van der Waals surface area contributed by atoms with Crippen molar-refractivity contribution in [2.45, 2.75) is 82.5 Å². The number of halogens is 1. The average Bonchev–Trinajstić information content (AvgIpc) is 3.38. The maximum atomic E-state index is 14.9. The van der Waals surface area contributed by atoms with E-state index in [0.29, 0.717) is 61.0 Å². The number of hydrogen-bond donors (Lipinski definition) is 2. The largest absolute Gasteiger partial charge is 0.490 e. The first-order valence-corrected chi connectivity index (χ1v) is 19.9. The lowest BCUT2D eigenvalue weighted by molar-refractivity contribution is -0.0439. The summed E-state index contributed by atoms with van der Waals surface area (Å²) in [4.78, 5) is 30.6. The topological polar surface area (TPSA) is 135 Å². The number of carbonyl (C=O) groups is 2. The molecule has 1 spiro atoms. The van der Waals surface area contributed by atoms with Gasteiger partial charge in [0.15, 0.2) is 0 Å². The van der Waals surface area contributed by atoms with E-state index in [1.165, 1.54) is 29.1 Å². The van der Waals surface area contributed by atoms with Crippen LogP contribution in [-0.4, -0.2) is 63.0 Å². The summed E-state index contributed by atoms with van der Waals surface area (Å²) in [6.07, 6.45) is 5.95. The van der Waals surface area contributed by atoms with Gasteiger partial charge in [-0.2, -0.15) is 0 Å². The van der Waals surface area contributed by atoms with Gasteiger partial charge in [-0.1, -0.05) is 38.4 Å². The Morgan fingerprint density at radius 1 is 1.14 bits per heavy atom. The Morgan fingerprint density at radius 3 is 2.69 bits per heavy atom. The van der Waals surface area contributed by atoms with Gasteiger partial charge in [-0.25, -0.2) is 4.21 Å². The van der Waals surface area contributed by atoms with Crippen LogP contribution in [0, 0.1) is 17.8 Å². The van der Waals surface area contributed by atoms with Crippen molar-refractivity contribution in [2.75, 3.05) is 31.7 Å². The number of nitrogens with one attached hydrogen (secondary N) is 1. The van der Waals surface area contributed by atoms with Crippen LogP contribution in [0.15, 0.2) is 40.9 Å². The van der Waals surface area contributed by atoms with Crippen molar-refractivity contribution < 1.29 is 28.4 Å². The molecule has 7 rings (SSSR count). The second kappa shape index (κ2) is 13.1. The van der Waals surface area contributed by atoms with Crippen molar-refractivity contribution in [1.82, 2.24) is 14.5 Å². The maximum Gasteiger partial charge on any atom is 0.286 e. The van der Waals surface area contributed by atoms with E-state index in [2.05, 4.69) is 45.1 Å². The Bertz CT molecular complexity index is 2020. The monoisotopic (exact) mass is 737 g/mol. The molecule has 4 aliphatic rings. The van der Waals surface area contributed by atoms with Gasteiger partial charge in [-0.15, -0.1) is 9.46 Å². The number of methoxy groups -OCH3 is 1. The third-order valence-electron chi connectivity index (χ3n) is 12.2. The fraction of sp³-hybridized carbons (Fsp3) is 0.553. The quantitative estimate of drug-likeness (QED) is 0.325. The fourth-order valence-electron chi connectivity index (χ4n) is 8.97. The molecule has 13 heteroatoms. The van der Waals surface area contributed by atoms with Gasteiger partial charge < -0.3 is 19.5 Å². The van der Waals surface area contributed by atoms with Gasteiger partial charge >= 0.3 is 0 Å². The third kappa shape index (κ3) is 6.00. The van der Waals surface area contributed by atoms with E-state index < -0.39 is 32.6 Å². The number of ether oxygens (including phenoxy) is 2. The molecule has 0 radical (unpaired) electrons. The van der Waals surface area contributed by atoms with E-state index in [0.717, 1.165) is 19.3 Å². The van der Waals surface area contributed by atoms with Gasteiger partial charge in [-0.05, 0) is 98.6 Å². The van der Waals surface area contributed by atoms with Gasteiger partial charge in [0.25, 0.3) is 11.8 Å². The van der Waals surface area contributed by atoms with Gasteiger partial charge in [0.05, 0.1) is 35.8 Å². The van der Waals surface area contributed by atoms with Crippen LogP contribution < -0.4 is 19.1 Å². The van der Waals surface area contributed by atoms with Crippen LogP contribution in [0.1, 0.15) is 97.2 Å². The molecule has 3 aliphatic heterocycles. The third-order valence-corrected chi connectivity index (χ3v) is 14.8. The Balaban J connectivity index is 1.39. The molecule has 2 N–H and O–H groups in total. The zero-order valence-electron chi connectivity index (χ0n) is 30.2. The molecule has 1 unspecified atom stereocenters. The molecule has 2 aromatic carbocycles. The lowest BCUT2D eigenvalue weighted by Gasteiger charge is -2.41. The zero-order valence-corrected chi connectivity index (χ0v) is 31.8. The molecule has 51 heavy (non-hydrogen) atoms. The SMILES string of the molecule is COc1nn(C)cc1C(=O)NS1(=O)=NC(=O)c2ccc3c4c2[C@@](O)(CCC[C@H](C)[C@H]1C)[C@H](C)[C@@H](C)CN4C[C@@]1(CCCc2cc(Cl)ccc21)CO3. The summed E-state index contributed by atoms with van der Waals surface area (Å²) < 4.78 is 35.4. The van der Waals surface area contributed by atoms with Crippen LogP contribution >= 0.6 is 11.6 Å². The van der Waals surface area contributed by atoms with E-state index >= 15 is 0 Å². The second-order valence-corrected chi connectivity index (χ2v) is 18.0. The van der Waals surface area contributed by atoms with E-state index in [9.17, 15) is 18.9 Å². The van der Waals surface area contributed by atoms with Crippen molar-refractivity contribution in [3.8, 4) is 11.6 Å². The molecular formula is C38H48ClN5O6S. The second-order valence-electron chi connectivity index (χ2n) is 15.3. The number of anilines is 1. The van der Waals surface area contributed by atoms with Gasteiger partial charge in [-0.3, -0.25) is 19.0 Å². The van der Waals surface area contributed by atoms with Crippen LogP contribution in [0.4, 0.5) is 5.69 Å². The first-order valence-electron chi connectivity index (χ1n) is 18.0. The highest BCUT2D eigenvalue weighted by Crippen LogP contribution is 2.54. The van der Waals surface area contributed by atoms with Crippen LogP contribution in [0.25, 0.3) is 0 Å². The molecule has 274 valence electrons. The molecule has 1 aliphatic carbocycles. The summed E-state index contributed by atoms with van der Waals surface area (Å²) in [6, 6.07) is 9.58. The lowest BCUT2D eigenvalue weighted by atomic mass is 9.70. The molecule has 7 atom stereocenters. The standard InChI is InChI=1S/C38H48ClN5O6S/c1-22-9-7-16-38(47)24(3)23(2)18-44-20-37(15-8-10-26-17-27(39)11-13-30(26)37)21-50-31-14-12-28(32(38)33(31)44)34(45)41-51(48,25(22)4)42-35(46)29-19-43(5)40-36(29)49-6/h11-14,17,19,22-25,47H,7-10,15-16,18,20-21H2,1-6H3,(H,41,42,45,46,48)/t22-,23-,24+,25+,37-,38+,51?/m0/s1. The molecule has 11 nitrogen and oxygen atoms in total. The molecule has 0 bridgehead atoms. The Labute approximate surface area is 305 Å². The summed E-state index contributed by atoms with van der Waals surface area (Å²) in [5.41, 5.74) is 2.15. The normalized spacial score (nSPS) is 31.9. The van der Waals surface area contributed by atoms with E-state index in [1.807, 2.05) is 13.0 Å². The first kappa shape index (κ1) is 35.8. The van der Waals surface area contributed by atoms with Gasteiger partial charge in [0, 0.05) is 42.3 Å². The summed E-state index contributed by atoms with van der Waals surface area (Å²) in [5, 5.41) is 17.2. The van der Waals surface area contributed by atoms with Crippen molar-refractivity contribution in [3.05, 3.63) is 69.4 Å². The highest BCUT2D eigenvalue weighted by atomic mass is 35.5. The highest BCUT2D eigenvalue weighted by Gasteiger charge is 2.51. The number of aliphatic hydroxyl groups is 1. The maximum absolute atomic E-state index is 14.9. The Hall–Kier alpha value is -3.61. The van der Waals surface area contributed by atoms with Crippen LogP contribution in [-0.2, 0) is 34.4 Å². The number of carbonyl (C=O) groups excluding carboxylic acids is 2. The molecule has 2 amide bonds. The van der Waals surface area contributed by atoms with Gasteiger partial charge in [0.1, 0.15) is 21.2 Å². The molecule has 0 saturated carbocycles. The predicted molar refractivity (Wildman–Crippen MR) is 197 cm³/mol. The Morgan fingerprint density at radius 2 is 1.92 bits per heavy atom. The predicted octanol–water partition coefficient (Wildman–Crippen LogP) is 6.19. The summed E-state index contributed by atoms with van der Waals surface area (Å²) in [5.74, 6) is -1.16. The van der Waals surface area contributed by atoms with E-state index in [1.54, 1.807) is 26.1 Å². The Kier molecular flexibility index (Phi) is 9.20. The summed E-state index contributed by atoms with van der Waals surface area (Å²) >= 11 is 6.45. The number of fused-ring (bicyclic) bond motifs is 2. The summed E-state index contributed by atoms with van der Waals surface area (Å²) in [7, 11) is -0.646. The number of benzene rings is 2. The lowest BCUT2D eigenvalue weighted by Crippen LogP contribution is -2.47. The van der Waals surface area contributed by atoms with Gasteiger partial charge in [0.2, 0.25) is 5.88 Å². The zero-order chi connectivity index (χ0) is 36.5. The average molecular weight is 738 g/mol. The number of aryl methyl sites for hydroxylation is 2. The van der Waals surface area contributed by atoms with Crippen molar-refractivity contribution in [1.29, 1.82) is 0 Å². The minimum atomic E-state index is -3.70. The fourth-order valence-corrected chi connectivity index (χ4v) is 11.0. The smallest absolute Gasteiger partial charge is 0.286 e. The highest BCUT2D eigenvalue weighted by molar-refractivity contribution is 7.93. The van der Waals surface area contributed by atoms with Crippen LogP contribution in [0.2, 0.25) is 5.02 Å². The molecule has 3 aromatic rings. The van der Waals surface area contributed by atoms with Crippen LogP contribution in [0.5, 0.6) is 11.6 Å². The van der Waals surface area contributed by atoms with Crippen molar-refractivity contribution >= 4 is 39.0 Å².